The second-order valence-corrected chi connectivity index (χ2v) is 6.00. The lowest BCUT2D eigenvalue weighted by molar-refractivity contribution is -0.384. The molecule has 0 aliphatic heterocycles. The molecule has 8 heteroatoms. The maximum absolute atomic E-state index is 11.7. The van der Waals surface area contributed by atoms with E-state index in [1.54, 1.807) is 12.1 Å². The lowest BCUT2D eigenvalue weighted by Crippen LogP contribution is -2.37. The average Bonchev–Trinajstić information content (AvgIpc) is 3.29. The Morgan fingerprint density at radius 1 is 1.41 bits per heavy atom. The summed E-state index contributed by atoms with van der Waals surface area (Å²) in [6.45, 7) is 1.53. The van der Waals surface area contributed by atoms with Crippen LogP contribution >= 0.6 is 11.8 Å². The summed E-state index contributed by atoms with van der Waals surface area (Å²) < 4.78 is 5.04. The van der Waals surface area contributed by atoms with Gasteiger partial charge >= 0.3 is 5.97 Å². The lowest BCUT2D eigenvalue weighted by Gasteiger charge is -2.12. The topological polar surface area (TPSA) is 98.5 Å². The maximum Gasteiger partial charge on any atom is 0.317 e. The van der Waals surface area contributed by atoms with Crippen molar-refractivity contribution in [3.8, 4) is 0 Å². The van der Waals surface area contributed by atoms with Gasteiger partial charge in [0.25, 0.3) is 11.6 Å². The molecule has 0 bridgehead atoms. The summed E-state index contributed by atoms with van der Waals surface area (Å²) in [4.78, 5) is 34.1. The molecule has 1 amide bonds. The summed E-state index contributed by atoms with van der Waals surface area (Å²) in [5.74, 6) is -0.739. The van der Waals surface area contributed by atoms with E-state index < -0.39 is 17.0 Å². The highest BCUT2D eigenvalue weighted by Gasteiger charge is 2.27. The zero-order valence-corrected chi connectivity index (χ0v) is 12.8. The number of thioether (sulfide) groups is 1. The van der Waals surface area contributed by atoms with E-state index in [-0.39, 0.29) is 23.4 Å². The molecule has 1 saturated carbocycles. The molecular weight excluding hydrogens is 308 g/mol. The van der Waals surface area contributed by atoms with Gasteiger partial charge in [-0.15, -0.1) is 11.8 Å². The molecule has 0 radical (unpaired) electrons. The standard InChI is InChI=1S/C14H16N2O5S/c1-9(14(18)15-10-2-3-10)21-13(17)8-22-12-6-4-11(5-7-12)16(19)20/h4-7,9-10H,2-3,8H2,1H3,(H,15,18)/t9-/m0/s1. The van der Waals surface area contributed by atoms with Gasteiger partial charge in [0, 0.05) is 23.1 Å². The fraction of sp³-hybridized carbons (Fsp3) is 0.429. The Labute approximate surface area is 131 Å². The highest BCUT2D eigenvalue weighted by Crippen LogP contribution is 2.22. The Balaban J connectivity index is 1.74. The number of amides is 1. The third-order valence-electron chi connectivity index (χ3n) is 3.01. The second-order valence-electron chi connectivity index (χ2n) is 4.95. The molecule has 1 atom stereocenters. The zero-order chi connectivity index (χ0) is 16.1. The normalized spacial score (nSPS) is 15.0. The molecule has 1 aliphatic rings. The quantitative estimate of drug-likeness (QED) is 0.356. The van der Waals surface area contributed by atoms with Gasteiger partial charge in [0.1, 0.15) is 0 Å². The van der Waals surface area contributed by atoms with Crippen LogP contribution in [0.2, 0.25) is 0 Å². The predicted molar refractivity (Wildman–Crippen MR) is 80.5 cm³/mol. The van der Waals surface area contributed by atoms with E-state index in [1.807, 2.05) is 0 Å². The minimum Gasteiger partial charge on any atom is -0.452 e. The summed E-state index contributed by atoms with van der Waals surface area (Å²) in [5.41, 5.74) is -0.00250. The molecule has 0 aromatic heterocycles. The Hall–Kier alpha value is -2.09. The van der Waals surface area contributed by atoms with E-state index in [1.165, 1.54) is 30.8 Å². The number of nitrogens with zero attached hydrogens (tertiary/aromatic N) is 1. The molecular formula is C14H16N2O5S. The van der Waals surface area contributed by atoms with E-state index in [4.69, 9.17) is 4.74 Å². The molecule has 7 nitrogen and oxygen atoms in total. The molecule has 22 heavy (non-hydrogen) atoms. The number of hydrogen-bond donors (Lipinski definition) is 1. The van der Waals surface area contributed by atoms with Crippen LogP contribution in [0.4, 0.5) is 5.69 Å². The van der Waals surface area contributed by atoms with E-state index in [0.717, 1.165) is 17.7 Å². The van der Waals surface area contributed by atoms with Crippen molar-refractivity contribution in [2.75, 3.05) is 5.75 Å². The van der Waals surface area contributed by atoms with Crippen LogP contribution in [0.25, 0.3) is 0 Å². The number of ether oxygens (including phenoxy) is 1. The Morgan fingerprint density at radius 2 is 2.05 bits per heavy atom. The second kappa shape index (κ2) is 7.26. The van der Waals surface area contributed by atoms with Gasteiger partial charge in [0.05, 0.1) is 10.7 Å². The van der Waals surface area contributed by atoms with Crippen molar-refractivity contribution >= 4 is 29.3 Å². The van der Waals surface area contributed by atoms with Gasteiger partial charge in [-0.3, -0.25) is 19.7 Å². The van der Waals surface area contributed by atoms with Crippen LogP contribution < -0.4 is 5.32 Å². The summed E-state index contributed by atoms with van der Waals surface area (Å²) in [6.07, 6.45) is 1.13. The smallest absolute Gasteiger partial charge is 0.317 e. The van der Waals surface area contributed by atoms with E-state index in [0.29, 0.717) is 0 Å². The zero-order valence-electron chi connectivity index (χ0n) is 12.0. The van der Waals surface area contributed by atoms with Crippen molar-refractivity contribution in [3.63, 3.8) is 0 Å². The van der Waals surface area contributed by atoms with Crippen molar-refractivity contribution in [2.45, 2.75) is 36.8 Å². The Bertz CT molecular complexity index is 571. The summed E-state index contributed by atoms with van der Waals surface area (Å²) in [5, 5.41) is 13.3. The van der Waals surface area contributed by atoms with Crippen molar-refractivity contribution in [3.05, 3.63) is 34.4 Å². The minimum absolute atomic E-state index is 0.00250. The molecule has 0 saturated heterocycles. The first-order valence-corrected chi connectivity index (χ1v) is 7.81. The number of esters is 1. The summed E-state index contributed by atoms with van der Waals surface area (Å²) in [6, 6.07) is 6.11. The van der Waals surface area contributed by atoms with Gasteiger partial charge in [-0.2, -0.15) is 0 Å². The van der Waals surface area contributed by atoms with Gasteiger partial charge < -0.3 is 10.1 Å². The van der Waals surface area contributed by atoms with Gasteiger partial charge in [-0.05, 0) is 31.9 Å². The van der Waals surface area contributed by atoms with Gasteiger partial charge in [0.2, 0.25) is 0 Å². The first-order valence-electron chi connectivity index (χ1n) is 6.83. The number of rotatable bonds is 7. The van der Waals surface area contributed by atoms with Crippen molar-refractivity contribution in [1.82, 2.24) is 5.32 Å². The molecule has 0 unspecified atom stereocenters. The number of hydrogen-bond acceptors (Lipinski definition) is 6. The molecule has 118 valence electrons. The Morgan fingerprint density at radius 3 is 2.59 bits per heavy atom. The SMILES string of the molecule is C[C@H](OC(=O)CSc1ccc([N+](=O)[O-])cc1)C(=O)NC1CC1. The number of carbonyl (C=O) groups is 2. The molecule has 1 aromatic carbocycles. The number of nitro groups is 1. The molecule has 1 aromatic rings. The molecule has 1 aliphatic carbocycles. The van der Waals surface area contributed by atoms with Crippen LogP contribution in [-0.4, -0.2) is 34.7 Å². The molecule has 1 N–H and O–H groups in total. The van der Waals surface area contributed by atoms with Crippen LogP contribution in [0, 0.1) is 10.1 Å². The number of benzene rings is 1. The van der Waals surface area contributed by atoms with E-state index in [9.17, 15) is 19.7 Å². The van der Waals surface area contributed by atoms with E-state index in [2.05, 4.69) is 5.32 Å². The van der Waals surface area contributed by atoms with Crippen LogP contribution in [0.1, 0.15) is 19.8 Å². The third-order valence-corrected chi connectivity index (χ3v) is 3.99. The summed E-state index contributed by atoms with van der Waals surface area (Å²) >= 11 is 1.20. The van der Waals surface area contributed by atoms with Gasteiger partial charge in [0.15, 0.2) is 6.10 Å². The largest absolute Gasteiger partial charge is 0.452 e. The van der Waals surface area contributed by atoms with Crippen LogP contribution in [0.3, 0.4) is 0 Å². The van der Waals surface area contributed by atoms with Crippen molar-refractivity contribution in [2.24, 2.45) is 0 Å². The maximum atomic E-state index is 11.7. The third kappa shape index (κ3) is 5.03. The fourth-order valence-corrected chi connectivity index (χ4v) is 2.32. The summed E-state index contributed by atoms with van der Waals surface area (Å²) in [7, 11) is 0. The fourth-order valence-electron chi connectivity index (χ4n) is 1.64. The first kappa shape index (κ1) is 16.3. The first-order chi connectivity index (χ1) is 10.5. The number of nitrogens with one attached hydrogen (secondary N) is 1. The minimum atomic E-state index is -0.814. The van der Waals surface area contributed by atoms with Crippen LogP contribution in [0.15, 0.2) is 29.2 Å². The monoisotopic (exact) mass is 324 g/mol. The van der Waals surface area contributed by atoms with Crippen LogP contribution in [0.5, 0.6) is 0 Å². The highest BCUT2D eigenvalue weighted by atomic mass is 32.2. The molecule has 2 rings (SSSR count). The van der Waals surface area contributed by atoms with Crippen molar-refractivity contribution < 1.29 is 19.2 Å². The predicted octanol–water partition coefficient (Wildman–Crippen LogP) is 1.90. The average molecular weight is 324 g/mol. The molecule has 1 fully saturated rings. The van der Waals surface area contributed by atoms with E-state index >= 15 is 0 Å². The lowest BCUT2D eigenvalue weighted by atomic mass is 10.3. The van der Waals surface area contributed by atoms with Crippen molar-refractivity contribution in [1.29, 1.82) is 0 Å². The van der Waals surface area contributed by atoms with Gasteiger partial charge in [-0.1, -0.05) is 0 Å². The molecule has 0 spiro atoms. The Kier molecular flexibility index (Phi) is 5.37. The molecule has 0 heterocycles. The number of nitro benzene ring substituents is 1. The number of non-ortho nitro benzene ring substituents is 1. The van der Waals surface area contributed by atoms with Crippen LogP contribution in [-0.2, 0) is 14.3 Å². The number of carbonyl (C=O) groups excluding carboxylic acids is 2. The highest BCUT2D eigenvalue weighted by molar-refractivity contribution is 8.00. The van der Waals surface area contributed by atoms with Gasteiger partial charge in [-0.25, -0.2) is 0 Å².